The molecule has 0 spiro atoms. The molecule has 2 aromatic heterocycles. The van der Waals surface area contributed by atoms with Crippen molar-refractivity contribution in [1.29, 1.82) is 0 Å². The number of pyridine rings is 1. The average Bonchev–Trinajstić information content (AvgIpc) is 3.05. The maximum Gasteiger partial charge on any atom is 0.252 e. The molecular weight excluding hydrogens is 314 g/mol. The van der Waals surface area contributed by atoms with Crippen molar-refractivity contribution in [3.8, 4) is 11.4 Å². The molecule has 1 aromatic carbocycles. The van der Waals surface area contributed by atoms with Gasteiger partial charge in [-0.15, -0.1) is 0 Å². The first-order valence-corrected chi connectivity index (χ1v) is 7.45. The minimum Gasteiger partial charge on any atom is -0.352 e. The molecule has 0 fully saturated rings. The molecule has 0 aliphatic carbocycles. The summed E-state index contributed by atoms with van der Waals surface area (Å²) < 4.78 is 0. The summed E-state index contributed by atoms with van der Waals surface area (Å²) in [6.07, 6.45) is 3.72. The summed E-state index contributed by atoms with van der Waals surface area (Å²) in [5.41, 5.74) is 1.42. The Bertz CT molecular complexity index is 786. The Morgan fingerprint density at radius 1 is 1.22 bits per heavy atom. The third kappa shape index (κ3) is 3.92. The molecule has 7 heteroatoms. The lowest BCUT2D eigenvalue weighted by molar-refractivity contribution is 0.0953. The number of nitrogens with one attached hydrogen (secondary N) is 2. The number of hydrogen-bond acceptors (Lipinski definition) is 4. The zero-order chi connectivity index (χ0) is 16.1. The number of hydrogen-bond donors (Lipinski definition) is 2. The van der Waals surface area contributed by atoms with Crippen molar-refractivity contribution in [2.24, 2.45) is 0 Å². The van der Waals surface area contributed by atoms with Crippen LogP contribution in [0.15, 0.2) is 48.8 Å². The molecule has 0 aliphatic heterocycles. The second-order valence-electron chi connectivity index (χ2n) is 4.86. The number of carbonyl (C=O) groups excluding carboxylic acids is 1. The first-order chi connectivity index (χ1) is 11.2. The fourth-order valence-corrected chi connectivity index (χ4v) is 2.15. The van der Waals surface area contributed by atoms with E-state index < -0.39 is 0 Å². The zero-order valence-corrected chi connectivity index (χ0v) is 12.9. The van der Waals surface area contributed by atoms with Crippen LogP contribution in [0.4, 0.5) is 0 Å². The predicted octanol–water partition coefficient (Wildman–Crippen LogP) is 2.49. The van der Waals surface area contributed by atoms with Crippen molar-refractivity contribution < 1.29 is 4.79 Å². The summed E-state index contributed by atoms with van der Waals surface area (Å²) in [4.78, 5) is 20.2. The van der Waals surface area contributed by atoms with E-state index in [2.05, 4.69) is 25.5 Å². The van der Waals surface area contributed by atoms with Crippen LogP contribution in [0.2, 0.25) is 5.02 Å². The van der Waals surface area contributed by atoms with Crippen molar-refractivity contribution in [3.63, 3.8) is 0 Å². The molecule has 2 heterocycles. The van der Waals surface area contributed by atoms with Gasteiger partial charge >= 0.3 is 0 Å². The molecule has 23 heavy (non-hydrogen) atoms. The average molecular weight is 328 g/mol. The molecule has 3 aromatic rings. The van der Waals surface area contributed by atoms with Crippen LogP contribution >= 0.6 is 11.6 Å². The van der Waals surface area contributed by atoms with Crippen LogP contribution in [0.5, 0.6) is 0 Å². The molecule has 3 rings (SSSR count). The summed E-state index contributed by atoms with van der Waals surface area (Å²) >= 11 is 5.86. The number of benzene rings is 1. The number of nitrogens with zero attached hydrogens (tertiary/aromatic N) is 3. The zero-order valence-electron chi connectivity index (χ0n) is 12.2. The Morgan fingerprint density at radius 2 is 2.04 bits per heavy atom. The number of aromatic nitrogens is 4. The van der Waals surface area contributed by atoms with E-state index in [0.717, 1.165) is 5.56 Å². The SMILES string of the molecule is O=C(NCCc1nc(-c2ccc(Cl)cc2)n[nH]1)c1cccnc1. The monoisotopic (exact) mass is 327 g/mol. The summed E-state index contributed by atoms with van der Waals surface area (Å²) in [7, 11) is 0. The van der Waals surface area contributed by atoms with Gasteiger partial charge in [-0.3, -0.25) is 14.9 Å². The fraction of sp³-hybridized carbons (Fsp3) is 0.125. The van der Waals surface area contributed by atoms with Gasteiger partial charge in [0.25, 0.3) is 5.91 Å². The van der Waals surface area contributed by atoms with Crippen molar-refractivity contribution in [1.82, 2.24) is 25.5 Å². The quantitative estimate of drug-likeness (QED) is 0.754. The molecule has 0 bridgehead atoms. The number of rotatable bonds is 5. The number of aromatic amines is 1. The fourth-order valence-electron chi connectivity index (χ4n) is 2.03. The first-order valence-electron chi connectivity index (χ1n) is 7.08. The van der Waals surface area contributed by atoms with Crippen LogP contribution in [0.1, 0.15) is 16.2 Å². The molecule has 2 N–H and O–H groups in total. The Morgan fingerprint density at radius 3 is 2.78 bits per heavy atom. The van der Waals surface area contributed by atoms with Crippen molar-refractivity contribution in [2.45, 2.75) is 6.42 Å². The van der Waals surface area contributed by atoms with E-state index >= 15 is 0 Å². The van der Waals surface area contributed by atoms with Gasteiger partial charge in [0.15, 0.2) is 5.82 Å². The van der Waals surface area contributed by atoms with Gasteiger partial charge in [0.2, 0.25) is 0 Å². The van der Waals surface area contributed by atoms with E-state index in [0.29, 0.717) is 35.2 Å². The highest BCUT2D eigenvalue weighted by Gasteiger charge is 2.08. The van der Waals surface area contributed by atoms with Crippen molar-refractivity contribution >= 4 is 17.5 Å². The lowest BCUT2D eigenvalue weighted by Crippen LogP contribution is -2.26. The van der Waals surface area contributed by atoms with Gasteiger partial charge in [0.1, 0.15) is 5.82 Å². The summed E-state index contributed by atoms with van der Waals surface area (Å²) in [5, 5.41) is 10.5. The van der Waals surface area contributed by atoms with Gasteiger partial charge in [-0.05, 0) is 36.4 Å². The minimum atomic E-state index is -0.157. The number of H-pyrrole nitrogens is 1. The number of halogens is 1. The van der Waals surface area contributed by atoms with E-state index in [1.807, 2.05) is 12.1 Å². The largest absolute Gasteiger partial charge is 0.352 e. The number of amides is 1. The van der Waals surface area contributed by atoms with Gasteiger partial charge in [-0.2, -0.15) is 5.10 Å². The summed E-state index contributed by atoms with van der Waals surface area (Å²) in [5.74, 6) is 1.16. The van der Waals surface area contributed by atoms with E-state index in [1.165, 1.54) is 6.20 Å². The molecule has 1 amide bonds. The Balaban J connectivity index is 1.55. The van der Waals surface area contributed by atoms with Crippen LogP contribution in [0, 0.1) is 0 Å². The first kappa shape index (κ1) is 15.2. The van der Waals surface area contributed by atoms with E-state index in [1.54, 1.807) is 30.5 Å². The molecule has 6 nitrogen and oxygen atoms in total. The lowest BCUT2D eigenvalue weighted by Gasteiger charge is -2.02. The van der Waals surface area contributed by atoms with Gasteiger partial charge < -0.3 is 5.32 Å². The second-order valence-corrected chi connectivity index (χ2v) is 5.30. The molecule has 0 unspecified atom stereocenters. The summed E-state index contributed by atoms with van der Waals surface area (Å²) in [6, 6.07) is 10.8. The molecular formula is C16H14ClN5O. The minimum absolute atomic E-state index is 0.157. The topological polar surface area (TPSA) is 83.6 Å². The summed E-state index contributed by atoms with van der Waals surface area (Å²) in [6.45, 7) is 0.461. The van der Waals surface area contributed by atoms with Gasteiger partial charge in [0, 0.05) is 35.9 Å². The lowest BCUT2D eigenvalue weighted by atomic mass is 10.2. The predicted molar refractivity (Wildman–Crippen MR) is 87.1 cm³/mol. The van der Waals surface area contributed by atoms with Crippen molar-refractivity contribution in [2.75, 3.05) is 6.54 Å². The van der Waals surface area contributed by atoms with Gasteiger partial charge in [-0.1, -0.05) is 11.6 Å². The Hall–Kier alpha value is -2.73. The Kier molecular flexibility index (Phi) is 4.63. The second kappa shape index (κ2) is 7.02. The molecule has 0 saturated heterocycles. The van der Waals surface area contributed by atoms with E-state index in [4.69, 9.17) is 11.6 Å². The normalized spacial score (nSPS) is 10.5. The van der Waals surface area contributed by atoms with Gasteiger partial charge in [0.05, 0.1) is 5.56 Å². The standard InChI is InChI=1S/C16H14ClN5O/c17-13-5-3-11(4-6-13)15-20-14(21-22-15)7-9-19-16(23)12-2-1-8-18-10-12/h1-6,8,10H,7,9H2,(H,19,23)(H,20,21,22). The maximum absolute atomic E-state index is 11.9. The molecule has 0 radical (unpaired) electrons. The van der Waals surface area contributed by atoms with E-state index in [-0.39, 0.29) is 5.91 Å². The highest BCUT2D eigenvalue weighted by atomic mass is 35.5. The molecule has 0 aliphatic rings. The number of carbonyl (C=O) groups is 1. The molecule has 116 valence electrons. The third-order valence-corrected chi connectivity index (χ3v) is 3.46. The highest BCUT2D eigenvalue weighted by Crippen LogP contribution is 2.17. The maximum atomic E-state index is 11.9. The van der Waals surface area contributed by atoms with Crippen LogP contribution < -0.4 is 5.32 Å². The van der Waals surface area contributed by atoms with Crippen molar-refractivity contribution in [3.05, 3.63) is 65.2 Å². The molecule has 0 atom stereocenters. The van der Waals surface area contributed by atoms with Crippen LogP contribution in [-0.4, -0.2) is 32.6 Å². The van der Waals surface area contributed by atoms with E-state index in [9.17, 15) is 4.79 Å². The smallest absolute Gasteiger partial charge is 0.252 e. The van der Waals surface area contributed by atoms with Crippen LogP contribution in [0.25, 0.3) is 11.4 Å². The Labute approximate surface area is 137 Å². The molecule has 0 saturated carbocycles. The van der Waals surface area contributed by atoms with Crippen LogP contribution in [0.3, 0.4) is 0 Å². The third-order valence-electron chi connectivity index (χ3n) is 3.21. The van der Waals surface area contributed by atoms with Gasteiger partial charge in [-0.25, -0.2) is 4.98 Å². The highest BCUT2D eigenvalue weighted by molar-refractivity contribution is 6.30. The van der Waals surface area contributed by atoms with Crippen LogP contribution in [-0.2, 0) is 6.42 Å².